The predicted octanol–water partition coefficient (Wildman–Crippen LogP) is 2.03. The third kappa shape index (κ3) is 4.85. The number of fused-ring (bicyclic) bond motifs is 1. The second-order valence-electron chi connectivity index (χ2n) is 5.71. The number of benzene rings is 1. The Hall–Kier alpha value is -2.81. The number of unbranched alkanes of at least 4 members (excludes halogenated alkanes) is 2. The number of carbonyl (C=O) groups is 1. The van der Waals surface area contributed by atoms with Crippen LogP contribution in [0.3, 0.4) is 0 Å². The van der Waals surface area contributed by atoms with Crippen molar-refractivity contribution < 1.29 is 15.0 Å². The fourth-order valence-electron chi connectivity index (χ4n) is 2.65. The Morgan fingerprint density at radius 3 is 2.77 bits per heavy atom. The van der Waals surface area contributed by atoms with Gasteiger partial charge in [-0.25, -0.2) is 9.67 Å². The van der Waals surface area contributed by atoms with Gasteiger partial charge in [-0.15, -0.1) is 0 Å². The molecule has 0 saturated carbocycles. The molecule has 0 aliphatic heterocycles. The van der Waals surface area contributed by atoms with E-state index in [2.05, 4.69) is 27.4 Å². The van der Waals surface area contributed by atoms with Crippen LogP contribution in [-0.4, -0.2) is 53.5 Å². The molecular formula is C17H24N6O3. The van der Waals surface area contributed by atoms with Crippen molar-refractivity contribution in [3.05, 3.63) is 24.0 Å². The van der Waals surface area contributed by atoms with Crippen LogP contribution in [0.4, 0.5) is 0 Å². The summed E-state index contributed by atoms with van der Waals surface area (Å²) in [5.41, 5.74) is 2.53. The van der Waals surface area contributed by atoms with Crippen LogP contribution in [0.5, 0.6) is 0 Å². The summed E-state index contributed by atoms with van der Waals surface area (Å²) in [7, 11) is 0. The molecule has 0 amide bonds. The molecule has 0 atom stereocenters. The first kappa shape index (κ1) is 19.5. The van der Waals surface area contributed by atoms with Crippen molar-refractivity contribution in [2.75, 3.05) is 6.61 Å². The average molecular weight is 360 g/mol. The number of rotatable bonds is 8. The number of hydrogen-bond donors (Lipinski definition) is 3. The first-order valence-electron chi connectivity index (χ1n) is 8.67. The van der Waals surface area contributed by atoms with Crippen molar-refractivity contribution in [3.63, 3.8) is 0 Å². The van der Waals surface area contributed by atoms with Gasteiger partial charge in [0.2, 0.25) is 0 Å². The lowest BCUT2D eigenvalue weighted by molar-refractivity contribution is -0.122. The predicted molar refractivity (Wildman–Crippen MR) is 96.5 cm³/mol. The van der Waals surface area contributed by atoms with Gasteiger partial charge in [0.25, 0.3) is 6.47 Å². The first-order valence-corrected chi connectivity index (χ1v) is 8.67. The van der Waals surface area contributed by atoms with Crippen molar-refractivity contribution in [3.8, 4) is 11.4 Å². The monoisotopic (exact) mass is 360 g/mol. The molecular weight excluding hydrogens is 336 g/mol. The van der Waals surface area contributed by atoms with E-state index in [0.29, 0.717) is 13.0 Å². The number of carboxylic acid groups (broad SMARTS) is 1. The van der Waals surface area contributed by atoms with Gasteiger partial charge in [-0.3, -0.25) is 4.79 Å². The number of H-pyrrole nitrogens is 1. The summed E-state index contributed by atoms with van der Waals surface area (Å²) in [4.78, 5) is 13.1. The van der Waals surface area contributed by atoms with Gasteiger partial charge >= 0.3 is 0 Å². The Morgan fingerprint density at radius 2 is 2.04 bits per heavy atom. The van der Waals surface area contributed by atoms with E-state index in [0.717, 1.165) is 41.1 Å². The summed E-state index contributed by atoms with van der Waals surface area (Å²) < 4.78 is 1.88. The minimum absolute atomic E-state index is 0.138. The normalized spacial score (nSPS) is 10.5. The van der Waals surface area contributed by atoms with E-state index >= 15 is 0 Å². The van der Waals surface area contributed by atoms with E-state index in [1.807, 2.05) is 22.9 Å². The van der Waals surface area contributed by atoms with Crippen LogP contribution in [0.1, 0.15) is 38.4 Å². The number of nitrogens with one attached hydrogen (secondary N) is 1. The number of aromatic nitrogens is 6. The maximum atomic E-state index is 9.12. The largest absolute Gasteiger partial charge is 0.483 e. The van der Waals surface area contributed by atoms with Crippen LogP contribution in [0, 0.1) is 0 Å². The molecule has 2 aromatic heterocycles. The fourth-order valence-corrected chi connectivity index (χ4v) is 2.65. The van der Waals surface area contributed by atoms with Gasteiger partial charge in [0.05, 0.1) is 0 Å². The van der Waals surface area contributed by atoms with E-state index in [1.165, 1.54) is 12.8 Å². The highest BCUT2D eigenvalue weighted by Gasteiger charge is 2.16. The molecule has 140 valence electrons. The van der Waals surface area contributed by atoms with Gasteiger partial charge in [-0.1, -0.05) is 25.8 Å². The molecule has 0 aliphatic rings. The molecule has 3 N–H and O–H groups in total. The highest BCUT2D eigenvalue weighted by molar-refractivity contribution is 5.89. The van der Waals surface area contributed by atoms with Crippen LogP contribution in [-0.2, 0) is 17.8 Å². The number of aromatic amines is 1. The lowest BCUT2D eigenvalue weighted by Crippen LogP contribution is -2.05. The average Bonchev–Trinajstić information content (AvgIpc) is 3.27. The molecule has 2 heterocycles. The number of aliphatic hydroxyl groups is 1. The molecule has 3 aromatic rings. The van der Waals surface area contributed by atoms with Gasteiger partial charge in [-0.2, -0.15) is 20.5 Å². The van der Waals surface area contributed by atoms with Crippen LogP contribution < -0.4 is 0 Å². The first-order chi connectivity index (χ1) is 12.7. The van der Waals surface area contributed by atoms with Gasteiger partial charge in [0.1, 0.15) is 11.0 Å². The second kappa shape index (κ2) is 10.2. The molecule has 26 heavy (non-hydrogen) atoms. The summed E-state index contributed by atoms with van der Waals surface area (Å²) in [6.45, 7) is 2.71. The molecule has 9 heteroatoms. The van der Waals surface area contributed by atoms with Crippen molar-refractivity contribution in [2.45, 2.75) is 45.6 Å². The Balaban J connectivity index is 0.000000758. The minimum atomic E-state index is -0.250. The summed E-state index contributed by atoms with van der Waals surface area (Å²) in [6.07, 6.45) is 4.98. The zero-order chi connectivity index (χ0) is 18.8. The van der Waals surface area contributed by atoms with Gasteiger partial charge in [0, 0.05) is 25.1 Å². The molecule has 0 unspecified atom stereocenters. The fraction of sp³-hybridized carbons (Fsp3) is 0.471. The van der Waals surface area contributed by atoms with E-state index in [1.54, 1.807) is 0 Å². The maximum Gasteiger partial charge on any atom is 0.290 e. The Kier molecular flexibility index (Phi) is 7.69. The highest BCUT2D eigenvalue weighted by Crippen LogP contribution is 2.25. The Morgan fingerprint density at radius 1 is 1.23 bits per heavy atom. The third-order valence-corrected chi connectivity index (χ3v) is 3.84. The molecule has 0 spiro atoms. The van der Waals surface area contributed by atoms with Gasteiger partial charge < -0.3 is 10.2 Å². The van der Waals surface area contributed by atoms with Crippen LogP contribution in [0.2, 0.25) is 0 Å². The van der Waals surface area contributed by atoms with E-state index < -0.39 is 0 Å². The number of hydrogen-bond acceptors (Lipinski definition) is 6. The zero-order valence-electron chi connectivity index (χ0n) is 14.8. The van der Waals surface area contributed by atoms with Crippen LogP contribution in [0.15, 0.2) is 18.2 Å². The van der Waals surface area contributed by atoms with Crippen molar-refractivity contribution in [2.24, 2.45) is 0 Å². The Labute approximate surface area is 151 Å². The van der Waals surface area contributed by atoms with Crippen LogP contribution >= 0.6 is 0 Å². The topological polar surface area (TPSA) is 130 Å². The molecule has 1 aromatic carbocycles. The lowest BCUT2D eigenvalue weighted by Gasteiger charge is -2.04. The number of aliphatic hydroxyl groups excluding tert-OH is 1. The smallest absolute Gasteiger partial charge is 0.290 e. The number of para-hydroxylation sites is 1. The highest BCUT2D eigenvalue weighted by atomic mass is 16.3. The zero-order valence-corrected chi connectivity index (χ0v) is 14.8. The molecule has 0 radical (unpaired) electrons. The number of nitrogens with zero attached hydrogens (tertiary/aromatic N) is 5. The van der Waals surface area contributed by atoms with E-state index in [-0.39, 0.29) is 13.1 Å². The lowest BCUT2D eigenvalue weighted by atomic mass is 10.1. The molecule has 3 rings (SSSR count). The third-order valence-electron chi connectivity index (χ3n) is 3.84. The van der Waals surface area contributed by atoms with Crippen molar-refractivity contribution >= 4 is 17.5 Å². The standard InChI is InChI=1S/C16H22N6O.CH2O2/c1-2-3-4-9-14-17-16(22(20-14)10-6-11-23)12-7-5-8-13-15(12)19-21-18-13;2-1-3/h5,7-8,23H,2-4,6,9-11H2,1H3,(H,18,19,21);1H,(H,2,3). The summed E-state index contributed by atoms with van der Waals surface area (Å²) in [6, 6.07) is 5.85. The second-order valence-corrected chi connectivity index (χ2v) is 5.71. The SMILES string of the molecule is CCCCCc1nc(-c2cccc3n[nH]nc23)n(CCCO)n1.O=CO. The quantitative estimate of drug-likeness (QED) is 0.414. The van der Waals surface area contributed by atoms with Crippen LogP contribution in [0.25, 0.3) is 22.4 Å². The molecule has 0 bridgehead atoms. The van der Waals surface area contributed by atoms with Crippen molar-refractivity contribution in [1.82, 2.24) is 30.2 Å². The van der Waals surface area contributed by atoms with Gasteiger partial charge in [0.15, 0.2) is 11.6 Å². The summed E-state index contributed by atoms with van der Waals surface area (Å²) in [5, 5.41) is 31.7. The van der Waals surface area contributed by atoms with E-state index in [4.69, 9.17) is 20.0 Å². The summed E-state index contributed by atoms with van der Waals surface area (Å²) >= 11 is 0. The van der Waals surface area contributed by atoms with E-state index in [9.17, 15) is 0 Å². The Bertz CT molecular complexity index is 814. The molecule has 0 aliphatic carbocycles. The van der Waals surface area contributed by atoms with Gasteiger partial charge in [-0.05, 0) is 25.0 Å². The molecule has 9 nitrogen and oxygen atoms in total. The maximum absolute atomic E-state index is 9.12. The number of aryl methyl sites for hydroxylation is 2. The minimum Gasteiger partial charge on any atom is -0.483 e. The van der Waals surface area contributed by atoms with Crippen molar-refractivity contribution in [1.29, 1.82) is 0 Å². The summed E-state index contributed by atoms with van der Waals surface area (Å²) in [5.74, 6) is 1.65. The molecule has 0 fully saturated rings. The molecule has 0 saturated heterocycles.